The van der Waals surface area contributed by atoms with Crippen molar-refractivity contribution in [2.24, 2.45) is 4.99 Å². The van der Waals surface area contributed by atoms with Gasteiger partial charge in [0.05, 0.1) is 0 Å². The fourth-order valence-electron chi connectivity index (χ4n) is 0.687. The minimum absolute atomic E-state index is 0.111. The predicted molar refractivity (Wildman–Crippen MR) is 61.1 cm³/mol. The molecule has 0 aromatic rings. The Kier molecular flexibility index (Phi) is 10.9. The molecule has 0 aliphatic heterocycles. The Labute approximate surface area is 90.0 Å². The first-order chi connectivity index (χ1) is 7.11. The van der Waals surface area contributed by atoms with E-state index in [0.717, 1.165) is 0 Å². The van der Waals surface area contributed by atoms with Crippen molar-refractivity contribution in [2.75, 3.05) is 0 Å². The van der Waals surface area contributed by atoms with Gasteiger partial charge in [-0.25, -0.2) is 0 Å². The second kappa shape index (κ2) is 10.4. The van der Waals surface area contributed by atoms with Crippen LogP contribution >= 0.6 is 0 Å². The number of allylic oxidation sites excluding steroid dienone is 3. The smallest absolute Gasteiger partial charge is 0.311 e. The van der Waals surface area contributed by atoms with Crippen LogP contribution in [-0.4, -0.2) is 23.1 Å². The van der Waals surface area contributed by atoms with Gasteiger partial charge in [-0.05, 0) is 13.0 Å². The minimum Gasteiger partial charge on any atom is -0.481 e. The summed E-state index contributed by atoms with van der Waals surface area (Å²) in [6, 6.07) is 0. The number of Topliss-reactive ketones (excluding diaryl/α,β-unsaturated/α-hetero) is 1. The van der Waals surface area contributed by atoms with Gasteiger partial charge >= 0.3 is 5.97 Å². The number of hydrogen-bond donors (Lipinski definition) is 1. The molecule has 0 atom stereocenters. The van der Waals surface area contributed by atoms with Crippen molar-refractivity contribution in [1.29, 1.82) is 0 Å². The highest BCUT2D eigenvalue weighted by Gasteiger charge is 2.11. The van der Waals surface area contributed by atoms with Gasteiger partial charge in [0.1, 0.15) is 12.1 Å². The summed E-state index contributed by atoms with van der Waals surface area (Å²) < 4.78 is 0. The third kappa shape index (κ3) is 8.62. The van der Waals surface area contributed by atoms with Gasteiger partial charge < -0.3 is 5.11 Å². The third-order valence-corrected chi connectivity index (χ3v) is 1.14. The van der Waals surface area contributed by atoms with Crippen molar-refractivity contribution in [3.8, 4) is 0 Å². The molecule has 4 nitrogen and oxygen atoms in total. The van der Waals surface area contributed by atoms with E-state index in [1.54, 1.807) is 6.92 Å². The molecule has 0 amide bonds. The van der Waals surface area contributed by atoms with Crippen molar-refractivity contribution in [2.45, 2.75) is 27.2 Å². The largest absolute Gasteiger partial charge is 0.481 e. The topological polar surface area (TPSA) is 66.7 Å². The first kappa shape index (κ1) is 15.7. The molecular formula is C11H17NO3. The van der Waals surface area contributed by atoms with E-state index < -0.39 is 18.2 Å². The van der Waals surface area contributed by atoms with E-state index in [-0.39, 0.29) is 5.70 Å². The van der Waals surface area contributed by atoms with Crippen molar-refractivity contribution in [3.05, 3.63) is 24.4 Å². The fraction of sp³-hybridized carbons (Fsp3) is 0.364. The zero-order valence-electron chi connectivity index (χ0n) is 9.36. The second-order valence-corrected chi connectivity index (χ2v) is 2.17. The lowest BCUT2D eigenvalue weighted by Gasteiger charge is -1.95. The highest BCUT2D eigenvalue weighted by atomic mass is 16.4. The Morgan fingerprint density at radius 1 is 1.40 bits per heavy atom. The molecule has 0 aliphatic carbocycles. The number of ketones is 1. The average molecular weight is 211 g/mol. The summed E-state index contributed by atoms with van der Waals surface area (Å²) in [5, 5.41) is 8.34. The van der Waals surface area contributed by atoms with Gasteiger partial charge in [0.15, 0.2) is 5.78 Å². The summed E-state index contributed by atoms with van der Waals surface area (Å²) in [7, 11) is 0. The minimum atomic E-state index is -1.16. The predicted octanol–water partition coefficient (Wildman–Crippen LogP) is 2.22. The highest BCUT2D eigenvalue weighted by Crippen LogP contribution is 2.02. The number of carboxylic acid groups (broad SMARTS) is 1. The number of aliphatic imine (C=N–C) groups is 1. The fourth-order valence-corrected chi connectivity index (χ4v) is 0.687. The molecule has 0 fully saturated rings. The van der Waals surface area contributed by atoms with Gasteiger partial charge in [-0.2, -0.15) is 0 Å². The lowest BCUT2D eigenvalue weighted by Crippen LogP contribution is -2.08. The molecule has 15 heavy (non-hydrogen) atoms. The summed E-state index contributed by atoms with van der Waals surface area (Å²) in [5.74, 6) is -1.68. The summed E-state index contributed by atoms with van der Waals surface area (Å²) in [5.41, 5.74) is 0.111. The number of carbonyl (C=O) groups is 2. The maximum atomic E-state index is 11.1. The number of aliphatic carboxylic acids is 1. The zero-order chi connectivity index (χ0) is 12.3. The van der Waals surface area contributed by atoms with Gasteiger partial charge in [0.25, 0.3) is 0 Å². The summed E-state index contributed by atoms with van der Waals surface area (Å²) in [6.45, 7) is 9.04. The maximum absolute atomic E-state index is 11.1. The van der Waals surface area contributed by atoms with Gasteiger partial charge in [-0.1, -0.05) is 26.5 Å². The number of hydrogen-bond acceptors (Lipinski definition) is 3. The molecule has 0 bridgehead atoms. The quantitative estimate of drug-likeness (QED) is 0.328. The third-order valence-electron chi connectivity index (χ3n) is 1.14. The van der Waals surface area contributed by atoms with E-state index in [4.69, 9.17) is 5.11 Å². The maximum Gasteiger partial charge on any atom is 0.311 e. The number of rotatable bonds is 5. The molecule has 0 aliphatic rings. The number of carboxylic acids is 1. The van der Waals surface area contributed by atoms with E-state index in [1.807, 2.05) is 13.8 Å². The van der Waals surface area contributed by atoms with Crippen molar-refractivity contribution >= 4 is 18.0 Å². The number of nitrogens with zero attached hydrogens (tertiary/aromatic N) is 1. The van der Waals surface area contributed by atoms with E-state index in [9.17, 15) is 9.59 Å². The molecule has 0 saturated carbocycles. The van der Waals surface area contributed by atoms with E-state index >= 15 is 0 Å². The molecular weight excluding hydrogens is 194 g/mol. The molecule has 0 aromatic heterocycles. The van der Waals surface area contributed by atoms with Crippen LogP contribution in [0.25, 0.3) is 0 Å². The Bertz CT molecular complexity index is 278. The van der Waals surface area contributed by atoms with Gasteiger partial charge in [-0.3, -0.25) is 14.6 Å². The first-order valence-corrected chi connectivity index (χ1v) is 4.68. The molecule has 0 rings (SSSR count). The van der Waals surface area contributed by atoms with Crippen LogP contribution < -0.4 is 0 Å². The van der Waals surface area contributed by atoms with Crippen LogP contribution in [0.3, 0.4) is 0 Å². The molecule has 0 saturated heterocycles. The molecule has 0 spiro atoms. The average Bonchev–Trinajstić information content (AvgIpc) is 2.19. The van der Waals surface area contributed by atoms with Gasteiger partial charge in [0.2, 0.25) is 0 Å². The molecule has 0 radical (unpaired) electrons. The molecule has 0 heterocycles. The molecule has 0 unspecified atom stereocenters. The number of carbonyl (C=O) groups excluding carboxylic acids is 1. The van der Waals surface area contributed by atoms with E-state index in [0.29, 0.717) is 0 Å². The normalized spacial score (nSPS) is 10.5. The summed E-state index contributed by atoms with van der Waals surface area (Å²) >= 11 is 0. The molecule has 4 heteroatoms. The van der Waals surface area contributed by atoms with Gasteiger partial charge in [0, 0.05) is 6.21 Å². The Morgan fingerprint density at radius 3 is 2.27 bits per heavy atom. The van der Waals surface area contributed by atoms with Crippen LogP contribution in [0.15, 0.2) is 29.4 Å². The molecule has 1 N–H and O–H groups in total. The second-order valence-electron chi connectivity index (χ2n) is 2.17. The summed E-state index contributed by atoms with van der Waals surface area (Å²) in [6.07, 6.45) is 3.65. The zero-order valence-corrected chi connectivity index (χ0v) is 9.36. The Hall–Kier alpha value is -1.71. The lowest BCUT2D eigenvalue weighted by molar-refractivity contribution is -0.139. The molecule has 0 aromatic carbocycles. The van der Waals surface area contributed by atoms with Crippen LogP contribution in [0.1, 0.15) is 27.2 Å². The van der Waals surface area contributed by atoms with E-state index in [2.05, 4.69) is 11.6 Å². The van der Waals surface area contributed by atoms with E-state index in [1.165, 1.54) is 18.4 Å². The first-order valence-electron chi connectivity index (χ1n) is 4.68. The SMILES string of the molecule is C=C/C=C(\N=CC)C(=O)CC(=O)O.CC. The molecule has 84 valence electrons. The standard InChI is InChI=1S/C9H11NO3.C2H6/c1-3-5-7(10-4-2)8(11)6-9(12)13;1-2/h3-5H,1,6H2,2H3,(H,12,13);1-2H3/b7-5-,10-4?;. The summed E-state index contributed by atoms with van der Waals surface area (Å²) in [4.78, 5) is 25.0. The van der Waals surface area contributed by atoms with Crippen LogP contribution in [-0.2, 0) is 9.59 Å². The van der Waals surface area contributed by atoms with Crippen molar-refractivity contribution < 1.29 is 14.7 Å². The van der Waals surface area contributed by atoms with Crippen molar-refractivity contribution in [3.63, 3.8) is 0 Å². The van der Waals surface area contributed by atoms with Crippen LogP contribution in [0, 0.1) is 0 Å². The highest BCUT2D eigenvalue weighted by molar-refractivity contribution is 6.05. The lowest BCUT2D eigenvalue weighted by atomic mass is 10.2. The monoisotopic (exact) mass is 211 g/mol. The van der Waals surface area contributed by atoms with Crippen LogP contribution in [0.2, 0.25) is 0 Å². The van der Waals surface area contributed by atoms with Crippen molar-refractivity contribution in [1.82, 2.24) is 0 Å². The van der Waals surface area contributed by atoms with Crippen LogP contribution in [0.4, 0.5) is 0 Å². The van der Waals surface area contributed by atoms with Crippen LogP contribution in [0.5, 0.6) is 0 Å². The Balaban J connectivity index is 0. The Morgan fingerprint density at radius 2 is 1.93 bits per heavy atom. The van der Waals surface area contributed by atoms with Gasteiger partial charge in [-0.15, -0.1) is 0 Å².